The lowest BCUT2D eigenvalue weighted by Crippen LogP contribution is -2.10. The number of ether oxygens (including phenoxy) is 6. The van der Waals surface area contributed by atoms with E-state index in [-0.39, 0.29) is 18.3 Å². The van der Waals surface area contributed by atoms with Crippen molar-refractivity contribution in [2.24, 2.45) is 0 Å². The van der Waals surface area contributed by atoms with E-state index in [1.807, 2.05) is 24.3 Å². The van der Waals surface area contributed by atoms with Crippen molar-refractivity contribution in [3.8, 4) is 17.2 Å². The first kappa shape index (κ1) is 22.4. The van der Waals surface area contributed by atoms with E-state index in [2.05, 4.69) is 42.5 Å². The van der Waals surface area contributed by atoms with E-state index >= 15 is 0 Å². The van der Waals surface area contributed by atoms with Crippen molar-refractivity contribution in [2.75, 3.05) is 39.6 Å². The van der Waals surface area contributed by atoms with Crippen LogP contribution < -0.4 is 14.2 Å². The van der Waals surface area contributed by atoms with E-state index in [0.717, 1.165) is 59.3 Å². The van der Waals surface area contributed by atoms with Gasteiger partial charge < -0.3 is 28.4 Å². The summed E-state index contributed by atoms with van der Waals surface area (Å²) >= 11 is 0. The van der Waals surface area contributed by atoms with Gasteiger partial charge in [0.1, 0.15) is 55.4 Å². The molecule has 0 aliphatic carbocycles. The summed E-state index contributed by atoms with van der Waals surface area (Å²) in [5.74, 6) is 2.71. The molecule has 6 nitrogen and oxygen atoms in total. The van der Waals surface area contributed by atoms with Gasteiger partial charge in [0.25, 0.3) is 0 Å². The molecule has 3 saturated heterocycles. The van der Waals surface area contributed by atoms with Gasteiger partial charge >= 0.3 is 0 Å². The molecule has 3 fully saturated rings. The number of para-hydroxylation sites is 3. The third kappa shape index (κ3) is 6.14. The summed E-state index contributed by atoms with van der Waals surface area (Å²) in [6, 6.07) is 22.8. The van der Waals surface area contributed by atoms with Crippen molar-refractivity contribution in [2.45, 2.75) is 31.2 Å². The third-order valence-corrected chi connectivity index (χ3v) is 6.36. The van der Waals surface area contributed by atoms with Crippen LogP contribution in [-0.2, 0) is 27.1 Å². The van der Waals surface area contributed by atoms with Crippen LogP contribution in [-0.4, -0.2) is 58.0 Å². The average Bonchev–Trinajstić information content (AvgIpc) is 3.74. The third-order valence-electron chi connectivity index (χ3n) is 6.36. The highest BCUT2D eigenvalue weighted by Gasteiger charge is 2.26. The van der Waals surface area contributed by atoms with Gasteiger partial charge in [-0.15, -0.1) is 0 Å². The number of epoxide rings is 3. The smallest absolute Gasteiger partial charge is 0.126 e. The van der Waals surface area contributed by atoms with Gasteiger partial charge in [-0.1, -0.05) is 54.6 Å². The molecule has 3 heterocycles. The van der Waals surface area contributed by atoms with E-state index < -0.39 is 0 Å². The van der Waals surface area contributed by atoms with Crippen molar-refractivity contribution in [3.63, 3.8) is 0 Å². The molecule has 0 aromatic heterocycles. The maximum Gasteiger partial charge on any atom is 0.126 e. The normalized spacial score (nSPS) is 21.9. The Labute approximate surface area is 205 Å². The van der Waals surface area contributed by atoms with Gasteiger partial charge in [0.15, 0.2) is 0 Å². The van der Waals surface area contributed by atoms with Crippen LogP contribution in [0.1, 0.15) is 22.3 Å². The Bertz CT molecular complexity index is 1070. The summed E-state index contributed by atoms with van der Waals surface area (Å²) in [5.41, 5.74) is 4.52. The molecular formula is C29H30O6. The molecule has 0 amide bonds. The number of hydrogen-bond acceptors (Lipinski definition) is 6. The minimum absolute atomic E-state index is 0.180. The highest BCUT2D eigenvalue weighted by atomic mass is 16.6. The lowest BCUT2D eigenvalue weighted by atomic mass is 9.96. The van der Waals surface area contributed by atoms with Crippen molar-refractivity contribution >= 4 is 0 Å². The number of rotatable bonds is 13. The van der Waals surface area contributed by atoms with Crippen LogP contribution in [0, 0.1) is 0 Å². The molecule has 0 bridgehead atoms. The Morgan fingerprint density at radius 2 is 0.914 bits per heavy atom. The fourth-order valence-corrected chi connectivity index (χ4v) is 4.13. The maximum absolute atomic E-state index is 6.39. The molecule has 182 valence electrons. The van der Waals surface area contributed by atoms with Crippen molar-refractivity contribution in [1.29, 1.82) is 0 Å². The Balaban J connectivity index is 1.26. The first-order valence-electron chi connectivity index (χ1n) is 12.3. The van der Waals surface area contributed by atoms with E-state index in [0.29, 0.717) is 32.7 Å². The molecule has 3 aromatic rings. The zero-order valence-corrected chi connectivity index (χ0v) is 19.7. The van der Waals surface area contributed by atoms with Crippen LogP contribution in [0.2, 0.25) is 0 Å². The number of benzene rings is 3. The molecule has 0 N–H and O–H groups in total. The quantitative estimate of drug-likeness (QED) is 0.346. The minimum atomic E-state index is 0.180. The lowest BCUT2D eigenvalue weighted by molar-refractivity contribution is 0.257. The van der Waals surface area contributed by atoms with Crippen LogP contribution in [0.4, 0.5) is 0 Å². The van der Waals surface area contributed by atoms with Crippen LogP contribution in [0.15, 0.2) is 66.7 Å². The molecule has 6 heteroatoms. The molecule has 0 radical (unpaired) electrons. The van der Waals surface area contributed by atoms with Gasteiger partial charge in [-0.2, -0.15) is 0 Å². The molecule has 3 aliphatic heterocycles. The van der Waals surface area contributed by atoms with Crippen LogP contribution in [0.3, 0.4) is 0 Å². The van der Waals surface area contributed by atoms with Crippen molar-refractivity contribution < 1.29 is 28.4 Å². The summed E-state index contributed by atoms with van der Waals surface area (Å²) < 4.78 is 34.5. The number of hydrogen-bond donors (Lipinski definition) is 0. The van der Waals surface area contributed by atoms with E-state index in [9.17, 15) is 0 Å². The molecule has 6 rings (SSSR count). The summed E-state index contributed by atoms with van der Waals surface area (Å²) in [6.45, 7) is 4.05. The summed E-state index contributed by atoms with van der Waals surface area (Å²) in [5, 5.41) is 0. The molecule has 0 saturated carbocycles. The summed E-state index contributed by atoms with van der Waals surface area (Å²) in [6.07, 6.45) is 2.05. The van der Waals surface area contributed by atoms with Gasteiger partial charge in [-0.25, -0.2) is 0 Å². The molecule has 3 atom stereocenters. The highest BCUT2D eigenvalue weighted by Crippen LogP contribution is 2.33. The van der Waals surface area contributed by atoms with Gasteiger partial charge in [0, 0.05) is 12.8 Å². The van der Waals surface area contributed by atoms with Crippen molar-refractivity contribution in [3.05, 3.63) is 89.0 Å². The average molecular weight is 475 g/mol. The van der Waals surface area contributed by atoms with E-state index in [1.165, 1.54) is 0 Å². The maximum atomic E-state index is 6.39. The van der Waals surface area contributed by atoms with E-state index in [4.69, 9.17) is 28.4 Å². The zero-order chi connectivity index (χ0) is 23.5. The van der Waals surface area contributed by atoms with Gasteiger partial charge in [-0.3, -0.25) is 0 Å². The fraction of sp³-hybridized carbons (Fsp3) is 0.379. The first-order chi connectivity index (χ1) is 17.3. The van der Waals surface area contributed by atoms with Crippen LogP contribution in [0.25, 0.3) is 0 Å². The topological polar surface area (TPSA) is 65.3 Å². The summed E-state index contributed by atoms with van der Waals surface area (Å²) in [7, 11) is 0. The summed E-state index contributed by atoms with van der Waals surface area (Å²) in [4.78, 5) is 0. The predicted molar refractivity (Wildman–Crippen MR) is 131 cm³/mol. The molecule has 35 heavy (non-hydrogen) atoms. The largest absolute Gasteiger partial charge is 0.490 e. The zero-order valence-electron chi connectivity index (χ0n) is 19.7. The van der Waals surface area contributed by atoms with Gasteiger partial charge in [-0.05, 0) is 34.4 Å². The molecule has 3 unspecified atom stereocenters. The first-order valence-corrected chi connectivity index (χ1v) is 12.3. The van der Waals surface area contributed by atoms with Crippen LogP contribution in [0.5, 0.6) is 17.2 Å². The second-order valence-corrected chi connectivity index (χ2v) is 9.27. The Hall–Kier alpha value is -3.06. The monoisotopic (exact) mass is 474 g/mol. The Morgan fingerprint density at radius 1 is 0.514 bits per heavy atom. The SMILES string of the molecule is c1ccc(OCC2CO2)c(Cc2cccc(Cc3ccccc3OCC3CO3)c2OCC2CO2)c1. The second kappa shape index (κ2) is 10.3. The molecular weight excluding hydrogens is 444 g/mol. The van der Waals surface area contributed by atoms with Gasteiger partial charge in [0.05, 0.1) is 19.8 Å². The highest BCUT2D eigenvalue weighted by molar-refractivity contribution is 5.49. The standard InChI is InChI=1S/C29H30O6/c1-3-10-27(33-17-24-14-30-24)20(6-1)12-22-8-5-9-23(29(22)35-19-26-16-32-26)13-21-7-2-4-11-28(21)34-18-25-15-31-25/h1-11,24-26H,12-19H2. The van der Waals surface area contributed by atoms with Crippen LogP contribution >= 0.6 is 0 Å². The molecule has 0 spiro atoms. The van der Waals surface area contributed by atoms with E-state index in [1.54, 1.807) is 0 Å². The Kier molecular flexibility index (Phi) is 6.58. The minimum Gasteiger partial charge on any atom is -0.490 e. The molecule has 3 aromatic carbocycles. The second-order valence-electron chi connectivity index (χ2n) is 9.27. The molecule has 3 aliphatic rings. The predicted octanol–water partition coefficient (Wildman–Crippen LogP) is 4.20. The van der Waals surface area contributed by atoms with Crippen molar-refractivity contribution in [1.82, 2.24) is 0 Å². The fourth-order valence-electron chi connectivity index (χ4n) is 4.13. The lowest BCUT2D eigenvalue weighted by Gasteiger charge is -2.18. The Morgan fingerprint density at radius 3 is 1.37 bits per heavy atom. The van der Waals surface area contributed by atoms with Gasteiger partial charge in [0.2, 0.25) is 0 Å².